The predicted molar refractivity (Wildman–Crippen MR) is 124 cm³/mol. The summed E-state index contributed by atoms with van der Waals surface area (Å²) in [6.07, 6.45) is 5.19. The Morgan fingerprint density at radius 3 is 2.28 bits per heavy atom. The number of unbranched alkanes of at least 4 members (excludes halogenated alkanes) is 3. The average molecular weight is 505 g/mol. The van der Waals surface area contributed by atoms with E-state index in [1.54, 1.807) is 24.3 Å². The molecule has 0 saturated carbocycles. The van der Waals surface area contributed by atoms with E-state index >= 15 is 0 Å². The van der Waals surface area contributed by atoms with Gasteiger partial charge in [-0.3, -0.25) is 9.59 Å². The second-order valence-corrected chi connectivity index (χ2v) is 8.20. The third kappa shape index (κ3) is 8.26. The molecule has 0 aromatic heterocycles. The maximum Gasteiger partial charge on any atom is 0.326 e. The molecule has 32 heavy (non-hydrogen) atoms. The minimum absolute atomic E-state index is 0.135. The Kier molecular flexibility index (Phi) is 10.1. The van der Waals surface area contributed by atoms with E-state index in [0.717, 1.165) is 23.7 Å². The molecule has 2 aromatic carbocycles. The molecule has 0 spiro atoms. The van der Waals surface area contributed by atoms with Crippen molar-refractivity contribution in [1.29, 1.82) is 0 Å². The Morgan fingerprint density at radius 1 is 1.03 bits per heavy atom. The van der Waals surface area contributed by atoms with E-state index in [-0.39, 0.29) is 12.1 Å². The minimum Gasteiger partial charge on any atom is -0.480 e. The quantitative estimate of drug-likeness (QED) is 0.299. The number of rotatable bonds is 11. The first kappa shape index (κ1) is 25.3. The van der Waals surface area contributed by atoms with E-state index < -0.39 is 29.6 Å². The van der Waals surface area contributed by atoms with Gasteiger partial charge in [-0.15, -0.1) is 0 Å². The molecule has 3 N–H and O–H groups in total. The number of aliphatic carboxylic acids is 1. The molecule has 1 unspecified atom stereocenters. The summed E-state index contributed by atoms with van der Waals surface area (Å²) in [6.45, 7) is 2.05. The lowest BCUT2D eigenvalue weighted by Gasteiger charge is -2.17. The molecule has 2 rings (SSSR count). The highest BCUT2D eigenvalue weighted by molar-refractivity contribution is 9.10. The summed E-state index contributed by atoms with van der Waals surface area (Å²) in [5.41, 5.74) is 0.659. The maximum atomic E-state index is 13.2. The Bertz CT molecular complexity index is 959. The van der Waals surface area contributed by atoms with Crippen molar-refractivity contribution in [2.75, 3.05) is 0 Å². The van der Waals surface area contributed by atoms with E-state index in [2.05, 4.69) is 33.5 Å². The highest BCUT2D eigenvalue weighted by atomic mass is 79.9. The predicted octanol–water partition coefficient (Wildman–Crippen LogP) is 4.90. The molecule has 2 amide bonds. The number of halogens is 2. The van der Waals surface area contributed by atoms with Crippen molar-refractivity contribution in [1.82, 2.24) is 10.6 Å². The van der Waals surface area contributed by atoms with Crippen LogP contribution in [0.4, 0.5) is 4.39 Å². The van der Waals surface area contributed by atoms with Gasteiger partial charge in [-0.25, -0.2) is 9.18 Å². The number of carboxylic acids is 1. The van der Waals surface area contributed by atoms with Gasteiger partial charge in [-0.2, -0.15) is 0 Å². The minimum atomic E-state index is -1.14. The number of carboxylic acid groups (broad SMARTS) is 1. The van der Waals surface area contributed by atoms with Gasteiger partial charge in [-0.1, -0.05) is 60.7 Å². The highest BCUT2D eigenvalue weighted by Crippen LogP contribution is 2.13. The number of hydrogen-bond donors (Lipinski definition) is 3. The first-order valence-corrected chi connectivity index (χ1v) is 11.2. The van der Waals surface area contributed by atoms with Gasteiger partial charge in [-0.05, 0) is 54.5 Å². The Balaban J connectivity index is 2.22. The Morgan fingerprint density at radius 2 is 1.69 bits per heavy atom. The largest absolute Gasteiger partial charge is 0.480 e. The van der Waals surface area contributed by atoms with Gasteiger partial charge < -0.3 is 15.7 Å². The van der Waals surface area contributed by atoms with Crippen LogP contribution in [-0.4, -0.2) is 28.9 Å². The van der Waals surface area contributed by atoms with Crippen molar-refractivity contribution in [3.8, 4) is 0 Å². The van der Waals surface area contributed by atoms with E-state index in [4.69, 9.17) is 0 Å². The lowest BCUT2D eigenvalue weighted by Crippen LogP contribution is -2.44. The van der Waals surface area contributed by atoms with Gasteiger partial charge in [0.2, 0.25) is 0 Å². The van der Waals surface area contributed by atoms with Crippen LogP contribution in [0.25, 0.3) is 6.08 Å². The van der Waals surface area contributed by atoms with Gasteiger partial charge in [0.1, 0.15) is 17.6 Å². The first-order valence-electron chi connectivity index (χ1n) is 10.4. The smallest absolute Gasteiger partial charge is 0.326 e. The van der Waals surface area contributed by atoms with Crippen molar-refractivity contribution >= 4 is 39.8 Å². The van der Waals surface area contributed by atoms with Crippen molar-refractivity contribution < 1.29 is 23.9 Å². The van der Waals surface area contributed by atoms with Gasteiger partial charge >= 0.3 is 5.97 Å². The summed E-state index contributed by atoms with van der Waals surface area (Å²) >= 11 is 3.30. The number of amides is 2. The monoisotopic (exact) mass is 504 g/mol. The van der Waals surface area contributed by atoms with Crippen LogP contribution in [0.3, 0.4) is 0 Å². The summed E-state index contributed by atoms with van der Waals surface area (Å²) in [6, 6.07) is 10.8. The number of benzene rings is 2. The second-order valence-electron chi connectivity index (χ2n) is 7.28. The molecule has 0 aliphatic carbocycles. The van der Waals surface area contributed by atoms with E-state index in [9.17, 15) is 23.9 Å². The topological polar surface area (TPSA) is 95.5 Å². The molecular weight excluding hydrogens is 479 g/mol. The van der Waals surface area contributed by atoms with Crippen LogP contribution in [0.2, 0.25) is 0 Å². The van der Waals surface area contributed by atoms with Crippen LogP contribution < -0.4 is 10.6 Å². The van der Waals surface area contributed by atoms with E-state index in [1.165, 1.54) is 30.3 Å². The van der Waals surface area contributed by atoms with Crippen LogP contribution in [0.1, 0.15) is 54.9 Å². The number of carbonyl (C=O) groups excluding carboxylic acids is 2. The Hall–Kier alpha value is -3.00. The number of carbonyl (C=O) groups is 3. The average Bonchev–Trinajstić information content (AvgIpc) is 2.77. The third-order valence-electron chi connectivity index (χ3n) is 4.73. The summed E-state index contributed by atoms with van der Waals surface area (Å²) in [4.78, 5) is 37.2. The van der Waals surface area contributed by atoms with Crippen LogP contribution in [-0.2, 0) is 9.59 Å². The fraction of sp³-hybridized carbons (Fsp3) is 0.292. The molecule has 0 radical (unpaired) electrons. The fourth-order valence-electron chi connectivity index (χ4n) is 2.95. The van der Waals surface area contributed by atoms with Gasteiger partial charge in [0.25, 0.3) is 11.8 Å². The van der Waals surface area contributed by atoms with Crippen molar-refractivity contribution in [2.45, 2.75) is 45.1 Å². The molecule has 0 aliphatic heterocycles. The summed E-state index contributed by atoms with van der Waals surface area (Å²) in [5, 5.41) is 14.5. The Labute approximate surface area is 195 Å². The second kappa shape index (κ2) is 12.8. The molecule has 0 heterocycles. The number of nitrogens with one attached hydrogen (secondary N) is 2. The van der Waals surface area contributed by atoms with Crippen molar-refractivity contribution in [3.63, 3.8) is 0 Å². The lowest BCUT2D eigenvalue weighted by molar-refractivity contribution is -0.141. The highest BCUT2D eigenvalue weighted by Gasteiger charge is 2.23. The normalized spacial score (nSPS) is 12.2. The van der Waals surface area contributed by atoms with Crippen molar-refractivity contribution in [3.05, 3.63) is 75.6 Å². The van der Waals surface area contributed by atoms with Gasteiger partial charge in [0, 0.05) is 10.0 Å². The molecule has 8 heteroatoms. The standard InChI is InChI=1S/C24H26BrFN2O4/c1-2-3-4-5-6-20(24(31)32)27-23(30)21(15-16-7-13-19(26)14-8-16)28-22(29)17-9-11-18(25)12-10-17/h7-15,20H,2-6H2,1H3,(H,27,30)(H,28,29)(H,31,32). The molecule has 6 nitrogen and oxygen atoms in total. The fourth-order valence-corrected chi connectivity index (χ4v) is 3.21. The molecular formula is C24H26BrFN2O4. The van der Waals surface area contributed by atoms with Crippen molar-refractivity contribution in [2.24, 2.45) is 0 Å². The zero-order valence-electron chi connectivity index (χ0n) is 17.7. The lowest BCUT2D eigenvalue weighted by atomic mass is 10.1. The van der Waals surface area contributed by atoms with Crippen LogP contribution >= 0.6 is 15.9 Å². The molecule has 0 fully saturated rings. The zero-order valence-corrected chi connectivity index (χ0v) is 19.3. The van der Waals surface area contributed by atoms with Crippen LogP contribution in [0, 0.1) is 5.82 Å². The number of hydrogen-bond acceptors (Lipinski definition) is 3. The zero-order chi connectivity index (χ0) is 23.5. The maximum absolute atomic E-state index is 13.2. The summed E-state index contributed by atoms with van der Waals surface area (Å²) < 4.78 is 14.0. The molecule has 0 bridgehead atoms. The molecule has 2 aromatic rings. The SMILES string of the molecule is CCCCCCC(NC(=O)C(=Cc1ccc(F)cc1)NC(=O)c1ccc(Br)cc1)C(=O)O. The van der Waals surface area contributed by atoms with E-state index in [0.29, 0.717) is 17.5 Å². The molecule has 0 aliphatic rings. The van der Waals surface area contributed by atoms with Gasteiger partial charge in [0.05, 0.1) is 0 Å². The molecule has 1 atom stereocenters. The molecule has 0 saturated heterocycles. The first-order chi connectivity index (χ1) is 15.3. The third-order valence-corrected chi connectivity index (χ3v) is 5.26. The van der Waals surface area contributed by atoms with E-state index in [1.807, 2.05) is 0 Å². The van der Waals surface area contributed by atoms with Crippen LogP contribution in [0.5, 0.6) is 0 Å². The van der Waals surface area contributed by atoms with Gasteiger partial charge in [0.15, 0.2) is 0 Å². The molecule has 170 valence electrons. The van der Waals surface area contributed by atoms with Crippen LogP contribution in [0.15, 0.2) is 58.7 Å². The summed E-state index contributed by atoms with van der Waals surface area (Å²) in [7, 11) is 0. The summed E-state index contributed by atoms with van der Waals surface area (Å²) in [5.74, 6) is -2.85.